The topological polar surface area (TPSA) is 35.6 Å². The normalized spacial score (nSPS) is 17.0. The molecule has 0 aromatic heterocycles. The molecule has 19 heavy (non-hydrogen) atoms. The van der Waals surface area contributed by atoms with Crippen LogP contribution in [-0.2, 0) is 4.79 Å². The minimum absolute atomic E-state index is 0.201. The van der Waals surface area contributed by atoms with Crippen molar-refractivity contribution in [1.82, 2.24) is 10.2 Å². The first kappa shape index (κ1) is 14.0. The molecule has 4 nitrogen and oxygen atoms in total. The number of hydrogen-bond acceptors (Lipinski definition) is 3. The van der Waals surface area contributed by atoms with Crippen LogP contribution in [0.5, 0.6) is 0 Å². The lowest BCUT2D eigenvalue weighted by Gasteiger charge is -2.34. The molecule has 2 rings (SSSR count). The van der Waals surface area contributed by atoms with E-state index in [4.69, 9.17) is 0 Å². The van der Waals surface area contributed by atoms with Gasteiger partial charge in [-0.3, -0.25) is 9.69 Å². The average Bonchev–Trinajstić information content (AvgIpc) is 2.35. The van der Waals surface area contributed by atoms with Gasteiger partial charge < -0.3 is 10.2 Å². The van der Waals surface area contributed by atoms with Crippen molar-refractivity contribution in [1.29, 1.82) is 0 Å². The number of carbonyl (C=O) groups excluding carboxylic acids is 1. The summed E-state index contributed by atoms with van der Waals surface area (Å²) in [5.41, 5.74) is 3.46. The van der Waals surface area contributed by atoms with Crippen molar-refractivity contribution in [2.45, 2.75) is 13.8 Å². The van der Waals surface area contributed by atoms with E-state index < -0.39 is 0 Å². The fraction of sp³-hybridized carbons (Fsp3) is 0.533. The monoisotopic (exact) mass is 261 g/mol. The van der Waals surface area contributed by atoms with Gasteiger partial charge in [-0.2, -0.15) is 0 Å². The second kappa shape index (κ2) is 6.17. The zero-order valence-electron chi connectivity index (χ0n) is 12.1. The van der Waals surface area contributed by atoms with E-state index in [1.807, 2.05) is 11.9 Å². The van der Waals surface area contributed by atoms with Crippen molar-refractivity contribution >= 4 is 11.6 Å². The Balaban J connectivity index is 2.05. The zero-order valence-corrected chi connectivity index (χ0v) is 12.1. The number of nitrogens with zero attached hydrogens (tertiary/aromatic N) is 2. The Morgan fingerprint density at radius 3 is 2.42 bits per heavy atom. The molecule has 1 saturated heterocycles. The highest BCUT2D eigenvalue weighted by Crippen LogP contribution is 2.20. The Morgan fingerprint density at radius 1 is 1.16 bits per heavy atom. The van der Waals surface area contributed by atoms with Gasteiger partial charge in [0.15, 0.2) is 0 Å². The van der Waals surface area contributed by atoms with E-state index in [9.17, 15) is 4.79 Å². The number of anilines is 1. The van der Waals surface area contributed by atoms with Gasteiger partial charge >= 0.3 is 0 Å². The minimum Gasteiger partial charge on any atom is -0.318 e. The van der Waals surface area contributed by atoms with Crippen LogP contribution in [0.1, 0.15) is 11.1 Å². The molecule has 1 amide bonds. The first-order valence-electron chi connectivity index (χ1n) is 6.86. The van der Waals surface area contributed by atoms with Crippen molar-refractivity contribution in [3.8, 4) is 0 Å². The molecule has 104 valence electrons. The Morgan fingerprint density at radius 2 is 1.84 bits per heavy atom. The molecule has 1 fully saturated rings. The predicted octanol–water partition coefficient (Wildman–Crippen LogP) is 1.17. The van der Waals surface area contributed by atoms with Crippen molar-refractivity contribution in [3.63, 3.8) is 0 Å². The third-order valence-electron chi connectivity index (χ3n) is 3.50. The van der Waals surface area contributed by atoms with E-state index in [0.29, 0.717) is 6.54 Å². The van der Waals surface area contributed by atoms with Crippen LogP contribution in [-0.4, -0.2) is 50.6 Å². The summed E-state index contributed by atoms with van der Waals surface area (Å²) < 4.78 is 0. The standard InChI is InChI=1S/C15H23N3O/c1-12-8-13(2)10-14(9-12)18-7-6-17(5-4-16-3)11-15(18)19/h8-10,16H,4-7,11H2,1-3H3. The molecule has 1 N–H and O–H groups in total. The molecular formula is C15H23N3O. The molecule has 1 aromatic carbocycles. The highest BCUT2D eigenvalue weighted by atomic mass is 16.2. The van der Waals surface area contributed by atoms with Gasteiger partial charge in [0, 0.05) is 31.9 Å². The molecule has 4 heteroatoms. The third-order valence-corrected chi connectivity index (χ3v) is 3.50. The molecule has 0 bridgehead atoms. The fourth-order valence-corrected chi connectivity index (χ4v) is 2.56. The molecule has 0 atom stereocenters. The van der Waals surface area contributed by atoms with Gasteiger partial charge in [-0.05, 0) is 44.2 Å². The first-order chi connectivity index (χ1) is 9.10. The van der Waals surface area contributed by atoms with E-state index in [1.54, 1.807) is 0 Å². The number of amides is 1. The highest BCUT2D eigenvalue weighted by molar-refractivity contribution is 5.95. The van der Waals surface area contributed by atoms with Crippen molar-refractivity contribution in [2.75, 3.05) is 44.7 Å². The summed E-state index contributed by atoms with van der Waals surface area (Å²) in [5, 5.41) is 3.12. The molecule has 0 aliphatic carbocycles. The Kier molecular flexibility index (Phi) is 4.56. The van der Waals surface area contributed by atoms with Crippen LogP contribution < -0.4 is 10.2 Å². The van der Waals surface area contributed by atoms with Crippen LogP contribution in [0.25, 0.3) is 0 Å². The maximum Gasteiger partial charge on any atom is 0.241 e. The second-order valence-corrected chi connectivity index (χ2v) is 5.27. The molecule has 1 aromatic rings. The second-order valence-electron chi connectivity index (χ2n) is 5.27. The number of aryl methyl sites for hydroxylation is 2. The van der Waals surface area contributed by atoms with Crippen molar-refractivity contribution in [3.05, 3.63) is 29.3 Å². The van der Waals surface area contributed by atoms with Gasteiger partial charge in [-0.15, -0.1) is 0 Å². The molecule has 0 saturated carbocycles. The van der Waals surface area contributed by atoms with Crippen LogP contribution in [0, 0.1) is 13.8 Å². The predicted molar refractivity (Wildman–Crippen MR) is 78.6 cm³/mol. The summed E-state index contributed by atoms with van der Waals surface area (Å²) in [4.78, 5) is 16.4. The van der Waals surface area contributed by atoms with Gasteiger partial charge in [0.05, 0.1) is 6.54 Å². The lowest BCUT2D eigenvalue weighted by atomic mass is 10.1. The number of hydrogen-bond donors (Lipinski definition) is 1. The summed E-state index contributed by atoms with van der Waals surface area (Å²) in [6.07, 6.45) is 0. The number of benzene rings is 1. The summed E-state index contributed by atoms with van der Waals surface area (Å²) in [7, 11) is 1.94. The van der Waals surface area contributed by atoms with Gasteiger partial charge in [0.1, 0.15) is 0 Å². The molecule has 1 aliphatic rings. The zero-order chi connectivity index (χ0) is 13.8. The van der Waals surface area contributed by atoms with Crippen LogP contribution in [0.4, 0.5) is 5.69 Å². The summed E-state index contributed by atoms with van der Waals surface area (Å²) in [6, 6.07) is 6.32. The quantitative estimate of drug-likeness (QED) is 0.884. The van der Waals surface area contributed by atoms with E-state index >= 15 is 0 Å². The lowest BCUT2D eigenvalue weighted by Crippen LogP contribution is -2.51. The SMILES string of the molecule is CNCCN1CCN(c2cc(C)cc(C)c2)C(=O)C1. The molecule has 0 spiro atoms. The van der Waals surface area contributed by atoms with E-state index in [2.05, 4.69) is 42.3 Å². The molecule has 1 heterocycles. The Bertz CT molecular complexity index is 438. The largest absolute Gasteiger partial charge is 0.318 e. The van der Waals surface area contributed by atoms with E-state index in [0.717, 1.165) is 31.9 Å². The van der Waals surface area contributed by atoms with Gasteiger partial charge in [-0.25, -0.2) is 0 Å². The fourth-order valence-electron chi connectivity index (χ4n) is 2.56. The van der Waals surface area contributed by atoms with Crippen LogP contribution >= 0.6 is 0 Å². The molecule has 1 aliphatic heterocycles. The van der Waals surface area contributed by atoms with E-state index in [-0.39, 0.29) is 5.91 Å². The first-order valence-corrected chi connectivity index (χ1v) is 6.86. The summed E-state index contributed by atoms with van der Waals surface area (Å²) in [5.74, 6) is 0.201. The molecular weight excluding hydrogens is 238 g/mol. The van der Waals surface area contributed by atoms with Crippen LogP contribution in [0.3, 0.4) is 0 Å². The number of piperazine rings is 1. The minimum atomic E-state index is 0.201. The maximum absolute atomic E-state index is 12.3. The highest BCUT2D eigenvalue weighted by Gasteiger charge is 2.24. The summed E-state index contributed by atoms with van der Waals surface area (Å²) in [6.45, 7) is 8.26. The van der Waals surface area contributed by atoms with Crippen LogP contribution in [0.15, 0.2) is 18.2 Å². The average molecular weight is 261 g/mol. The summed E-state index contributed by atoms with van der Waals surface area (Å²) >= 11 is 0. The van der Waals surface area contributed by atoms with Crippen molar-refractivity contribution in [2.24, 2.45) is 0 Å². The number of carbonyl (C=O) groups is 1. The number of rotatable bonds is 4. The Labute approximate surface area is 115 Å². The Hall–Kier alpha value is -1.39. The maximum atomic E-state index is 12.3. The molecule has 0 radical (unpaired) electrons. The van der Waals surface area contributed by atoms with Gasteiger partial charge in [0.2, 0.25) is 5.91 Å². The van der Waals surface area contributed by atoms with Crippen LogP contribution in [0.2, 0.25) is 0 Å². The third kappa shape index (κ3) is 3.55. The van der Waals surface area contributed by atoms with Crippen molar-refractivity contribution < 1.29 is 4.79 Å². The number of likely N-dealkylation sites (N-methyl/N-ethyl adjacent to an activating group) is 1. The molecule has 0 unspecified atom stereocenters. The smallest absolute Gasteiger partial charge is 0.241 e. The van der Waals surface area contributed by atoms with E-state index in [1.165, 1.54) is 11.1 Å². The van der Waals surface area contributed by atoms with Gasteiger partial charge in [-0.1, -0.05) is 6.07 Å². The number of nitrogens with one attached hydrogen (secondary N) is 1. The lowest BCUT2D eigenvalue weighted by molar-refractivity contribution is -0.121. The van der Waals surface area contributed by atoms with Gasteiger partial charge in [0.25, 0.3) is 0 Å².